The van der Waals surface area contributed by atoms with Crippen molar-refractivity contribution >= 4 is 29.8 Å². The highest BCUT2D eigenvalue weighted by Gasteiger charge is 2.26. The molecule has 0 saturated heterocycles. The van der Waals surface area contributed by atoms with Gasteiger partial charge in [0.1, 0.15) is 5.60 Å². The molecule has 0 spiro atoms. The first kappa shape index (κ1) is 28.9. The van der Waals surface area contributed by atoms with Crippen molar-refractivity contribution in [1.82, 2.24) is 5.32 Å². The standard InChI is InChI=1S/C26H32ClNO8/c1-5-33-25(32)35-16-34-23(30)22(29)15-21(28-24(31)36-26(2,3)4)13-17-9-11-18(12-10-17)19-7-6-8-20(27)14-19/h6-12,14,21-22,29H,5,13,15-16H2,1-4H3,(H,28,31)/t21-,22-/m1/s1. The quantitative estimate of drug-likeness (QED) is 0.258. The fourth-order valence-electron chi connectivity index (χ4n) is 3.21. The molecule has 2 aromatic carbocycles. The Labute approximate surface area is 215 Å². The predicted molar refractivity (Wildman–Crippen MR) is 133 cm³/mol. The zero-order valence-corrected chi connectivity index (χ0v) is 21.5. The van der Waals surface area contributed by atoms with Crippen LogP contribution in [0.2, 0.25) is 5.02 Å². The van der Waals surface area contributed by atoms with Crippen molar-refractivity contribution in [3.8, 4) is 11.1 Å². The number of amides is 1. The number of carbonyl (C=O) groups excluding carboxylic acids is 3. The average molecular weight is 522 g/mol. The molecule has 0 bridgehead atoms. The van der Waals surface area contributed by atoms with E-state index < -0.39 is 42.8 Å². The van der Waals surface area contributed by atoms with E-state index in [1.807, 2.05) is 42.5 Å². The zero-order chi connectivity index (χ0) is 26.7. The molecule has 0 fully saturated rings. The lowest BCUT2D eigenvalue weighted by Gasteiger charge is -2.25. The first-order chi connectivity index (χ1) is 17.0. The first-order valence-corrected chi connectivity index (χ1v) is 11.8. The highest BCUT2D eigenvalue weighted by molar-refractivity contribution is 6.30. The Balaban J connectivity index is 2.06. The Bertz CT molecular complexity index is 1020. The number of alkyl carbamates (subject to hydrolysis) is 1. The Morgan fingerprint density at radius 2 is 1.69 bits per heavy atom. The van der Waals surface area contributed by atoms with E-state index in [1.54, 1.807) is 33.8 Å². The van der Waals surface area contributed by atoms with Gasteiger partial charge in [0.25, 0.3) is 0 Å². The van der Waals surface area contributed by atoms with E-state index in [2.05, 4.69) is 14.8 Å². The van der Waals surface area contributed by atoms with Crippen molar-refractivity contribution < 1.29 is 38.4 Å². The van der Waals surface area contributed by atoms with Crippen molar-refractivity contribution in [3.05, 3.63) is 59.1 Å². The van der Waals surface area contributed by atoms with Crippen molar-refractivity contribution in [2.45, 2.75) is 58.3 Å². The number of nitrogens with one attached hydrogen (secondary N) is 1. The minimum atomic E-state index is -1.58. The lowest BCUT2D eigenvalue weighted by molar-refractivity contribution is -0.163. The summed E-state index contributed by atoms with van der Waals surface area (Å²) in [5.74, 6) is -1.01. The summed E-state index contributed by atoms with van der Waals surface area (Å²) in [6.45, 7) is 6.18. The van der Waals surface area contributed by atoms with Gasteiger partial charge in [0.2, 0.25) is 6.79 Å². The lowest BCUT2D eigenvalue weighted by atomic mass is 9.98. The second-order valence-electron chi connectivity index (χ2n) is 8.91. The number of hydrogen-bond donors (Lipinski definition) is 2. The van der Waals surface area contributed by atoms with Gasteiger partial charge in [-0.05, 0) is 62.9 Å². The van der Waals surface area contributed by atoms with E-state index in [4.69, 9.17) is 21.1 Å². The summed E-state index contributed by atoms with van der Waals surface area (Å²) in [7, 11) is 0. The summed E-state index contributed by atoms with van der Waals surface area (Å²) in [6, 6.07) is 14.4. The molecule has 0 radical (unpaired) electrons. The number of halogens is 1. The molecule has 2 rings (SSSR count). The molecular formula is C26H32ClNO8. The van der Waals surface area contributed by atoms with Crippen LogP contribution in [0, 0.1) is 0 Å². The second-order valence-corrected chi connectivity index (χ2v) is 9.35. The number of aliphatic hydroxyl groups is 1. The van der Waals surface area contributed by atoms with Gasteiger partial charge in [-0.3, -0.25) is 0 Å². The minimum Gasteiger partial charge on any atom is -0.444 e. The minimum absolute atomic E-state index is 0.105. The molecule has 36 heavy (non-hydrogen) atoms. The van der Waals surface area contributed by atoms with E-state index in [-0.39, 0.29) is 13.0 Å². The van der Waals surface area contributed by atoms with E-state index >= 15 is 0 Å². The van der Waals surface area contributed by atoms with Gasteiger partial charge < -0.3 is 29.4 Å². The van der Waals surface area contributed by atoms with Crippen LogP contribution < -0.4 is 5.32 Å². The number of carbonyl (C=O) groups is 3. The van der Waals surface area contributed by atoms with Crippen LogP contribution in [0.4, 0.5) is 9.59 Å². The van der Waals surface area contributed by atoms with Crippen LogP contribution in [-0.2, 0) is 30.2 Å². The van der Waals surface area contributed by atoms with E-state index in [9.17, 15) is 19.5 Å². The summed E-state index contributed by atoms with van der Waals surface area (Å²) in [5.41, 5.74) is 2.05. The van der Waals surface area contributed by atoms with Gasteiger partial charge in [-0.15, -0.1) is 0 Å². The predicted octanol–water partition coefficient (Wildman–Crippen LogP) is 4.87. The van der Waals surface area contributed by atoms with Gasteiger partial charge in [-0.1, -0.05) is 48.0 Å². The Morgan fingerprint density at radius 3 is 2.31 bits per heavy atom. The third-order valence-electron chi connectivity index (χ3n) is 4.73. The molecule has 10 heteroatoms. The molecule has 2 aromatic rings. The topological polar surface area (TPSA) is 120 Å². The normalized spacial score (nSPS) is 12.7. The smallest absolute Gasteiger partial charge is 0.444 e. The molecule has 0 saturated carbocycles. The summed E-state index contributed by atoms with van der Waals surface area (Å²) >= 11 is 6.08. The summed E-state index contributed by atoms with van der Waals surface area (Å²) in [5, 5.41) is 13.7. The van der Waals surface area contributed by atoms with Gasteiger partial charge in [0.05, 0.1) is 6.61 Å². The third kappa shape index (κ3) is 10.5. The highest BCUT2D eigenvalue weighted by Crippen LogP contribution is 2.23. The average Bonchev–Trinajstić information content (AvgIpc) is 2.78. The SMILES string of the molecule is CCOC(=O)OCOC(=O)[C@H](O)C[C@@H](Cc1ccc(-c2cccc(Cl)c2)cc1)NC(=O)OC(C)(C)C. The van der Waals surface area contributed by atoms with Crippen molar-refractivity contribution in [2.75, 3.05) is 13.4 Å². The van der Waals surface area contributed by atoms with Crippen LogP contribution in [0.25, 0.3) is 11.1 Å². The van der Waals surface area contributed by atoms with Crippen LogP contribution in [-0.4, -0.2) is 54.5 Å². The van der Waals surface area contributed by atoms with E-state index in [0.717, 1.165) is 16.7 Å². The van der Waals surface area contributed by atoms with Crippen LogP contribution in [0.5, 0.6) is 0 Å². The molecule has 2 N–H and O–H groups in total. The number of benzene rings is 2. The first-order valence-electron chi connectivity index (χ1n) is 11.5. The maximum absolute atomic E-state index is 12.4. The molecule has 0 heterocycles. The Hall–Kier alpha value is -3.30. The third-order valence-corrected chi connectivity index (χ3v) is 4.97. The van der Waals surface area contributed by atoms with Gasteiger partial charge in [-0.2, -0.15) is 0 Å². The maximum Gasteiger partial charge on any atom is 0.511 e. The summed E-state index contributed by atoms with van der Waals surface area (Å²) in [4.78, 5) is 35.7. The molecule has 0 aliphatic rings. The van der Waals surface area contributed by atoms with Crippen molar-refractivity contribution in [2.24, 2.45) is 0 Å². The number of esters is 1. The highest BCUT2D eigenvalue weighted by atomic mass is 35.5. The Morgan fingerprint density at radius 1 is 1.00 bits per heavy atom. The molecule has 2 atom stereocenters. The molecule has 1 amide bonds. The molecule has 0 aliphatic carbocycles. The zero-order valence-electron chi connectivity index (χ0n) is 20.8. The fourth-order valence-corrected chi connectivity index (χ4v) is 3.40. The van der Waals surface area contributed by atoms with Gasteiger partial charge in [0.15, 0.2) is 6.10 Å². The molecule has 0 unspecified atom stereocenters. The van der Waals surface area contributed by atoms with Crippen LogP contribution in [0.3, 0.4) is 0 Å². The van der Waals surface area contributed by atoms with Crippen LogP contribution in [0.15, 0.2) is 48.5 Å². The lowest BCUT2D eigenvalue weighted by Crippen LogP contribution is -2.43. The monoisotopic (exact) mass is 521 g/mol. The second kappa shape index (κ2) is 13.7. The number of aliphatic hydroxyl groups excluding tert-OH is 1. The molecule has 9 nitrogen and oxygen atoms in total. The molecular weight excluding hydrogens is 490 g/mol. The van der Waals surface area contributed by atoms with Crippen LogP contribution in [0.1, 0.15) is 39.7 Å². The molecule has 196 valence electrons. The fraction of sp³-hybridized carbons (Fsp3) is 0.423. The maximum atomic E-state index is 12.4. The number of rotatable bonds is 10. The van der Waals surface area contributed by atoms with Gasteiger partial charge >= 0.3 is 18.2 Å². The molecule has 0 aliphatic heterocycles. The van der Waals surface area contributed by atoms with Gasteiger partial charge in [-0.25, -0.2) is 14.4 Å². The number of ether oxygens (including phenoxy) is 4. The van der Waals surface area contributed by atoms with Crippen molar-refractivity contribution in [1.29, 1.82) is 0 Å². The van der Waals surface area contributed by atoms with E-state index in [0.29, 0.717) is 11.4 Å². The van der Waals surface area contributed by atoms with Crippen molar-refractivity contribution in [3.63, 3.8) is 0 Å². The van der Waals surface area contributed by atoms with Crippen LogP contribution >= 0.6 is 11.6 Å². The number of hydrogen-bond acceptors (Lipinski definition) is 8. The Kier molecular flexibility index (Phi) is 11.0. The van der Waals surface area contributed by atoms with Gasteiger partial charge in [0, 0.05) is 17.5 Å². The largest absolute Gasteiger partial charge is 0.511 e. The summed E-state index contributed by atoms with van der Waals surface area (Å²) < 4.78 is 19.2. The van der Waals surface area contributed by atoms with E-state index in [1.165, 1.54) is 0 Å². The molecule has 0 aromatic heterocycles. The summed E-state index contributed by atoms with van der Waals surface area (Å²) in [6.07, 6.45) is -3.12.